The molecule has 0 aliphatic carbocycles. The van der Waals surface area contributed by atoms with Crippen LogP contribution < -0.4 is 11.1 Å². The molecule has 0 saturated carbocycles. The normalized spacial score (nSPS) is 12.6. The summed E-state index contributed by atoms with van der Waals surface area (Å²) < 4.78 is 26.1. The number of hydrogen-bond acceptors (Lipinski definition) is 2. The minimum Gasteiger partial charge on any atom is -0.381 e. The Bertz CT molecular complexity index is 300. The van der Waals surface area contributed by atoms with Gasteiger partial charge in [0.25, 0.3) is 0 Å². The first-order chi connectivity index (χ1) is 6.65. The maximum Gasteiger partial charge on any atom is 0.146 e. The zero-order valence-corrected chi connectivity index (χ0v) is 8.06. The zero-order valence-electron chi connectivity index (χ0n) is 8.06. The summed E-state index contributed by atoms with van der Waals surface area (Å²) in [5, 5.41) is 2.81. The van der Waals surface area contributed by atoms with Gasteiger partial charge in [-0.15, -0.1) is 0 Å². The first-order valence-corrected chi connectivity index (χ1v) is 4.52. The van der Waals surface area contributed by atoms with E-state index in [1.54, 1.807) is 6.07 Å². The Balaban J connectivity index is 2.79. The van der Waals surface area contributed by atoms with Crippen LogP contribution in [0.15, 0.2) is 18.2 Å². The van der Waals surface area contributed by atoms with Gasteiger partial charge in [0.2, 0.25) is 0 Å². The number of halogens is 2. The van der Waals surface area contributed by atoms with Gasteiger partial charge in [-0.1, -0.05) is 6.07 Å². The fourth-order valence-electron chi connectivity index (χ4n) is 1.13. The number of nitrogens with two attached hydrogens (primary N) is 1. The van der Waals surface area contributed by atoms with Crippen LogP contribution in [0.5, 0.6) is 0 Å². The SMILES string of the molecule is CC(F)c1ccc(NCCN)c(F)c1. The van der Waals surface area contributed by atoms with E-state index in [9.17, 15) is 8.78 Å². The van der Waals surface area contributed by atoms with Crippen LogP contribution in [0.1, 0.15) is 18.7 Å². The van der Waals surface area contributed by atoms with E-state index in [1.165, 1.54) is 19.1 Å². The van der Waals surface area contributed by atoms with Crippen molar-refractivity contribution in [1.82, 2.24) is 0 Å². The van der Waals surface area contributed by atoms with Crippen LogP contribution in [-0.4, -0.2) is 13.1 Å². The second-order valence-corrected chi connectivity index (χ2v) is 3.07. The molecule has 0 bridgehead atoms. The smallest absolute Gasteiger partial charge is 0.146 e. The maximum absolute atomic E-state index is 13.3. The molecule has 0 aromatic heterocycles. The van der Waals surface area contributed by atoms with Crippen molar-refractivity contribution in [2.45, 2.75) is 13.1 Å². The van der Waals surface area contributed by atoms with E-state index in [1.807, 2.05) is 0 Å². The van der Waals surface area contributed by atoms with Gasteiger partial charge in [0, 0.05) is 13.1 Å². The summed E-state index contributed by atoms with van der Waals surface area (Å²) >= 11 is 0. The van der Waals surface area contributed by atoms with Gasteiger partial charge < -0.3 is 11.1 Å². The lowest BCUT2D eigenvalue weighted by Crippen LogP contribution is -2.13. The van der Waals surface area contributed by atoms with Crippen molar-refractivity contribution in [3.63, 3.8) is 0 Å². The standard InChI is InChI=1S/C10H14F2N2/c1-7(11)8-2-3-10(9(12)6-8)14-5-4-13/h2-3,6-7,14H,4-5,13H2,1H3. The largest absolute Gasteiger partial charge is 0.381 e. The Morgan fingerprint density at radius 1 is 1.50 bits per heavy atom. The zero-order chi connectivity index (χ0) is 10.6. The summed E-state index contributed by atoms with van der Waals surface area (Å²) in [6.45, 7) is 2.31. The average molecular weight is 200 g/mol. The topological polar surface area (TPSA) is 38.0 Å². The molecule has 78 valence electrons. The van der Waals surface area contributed by atoms with Gasteiger partial charge in [-0.3, -0.25) is 0 Å². The molecule has 0 amide bonds. The molecule has 1 aromatic rings. The molecule has 0 radical (unpaired) electrons. The molecule has 0 spiro atoms. The Morgan fingerprint density at radius 3 is 2.71 bits per heavy atom. The third-order valence-corrected chi connectivity index (χ3v) is 1.91. The van der Waals surface area contributed by atoms with Crippen LogP contribution in [0, 0.1) is 5.82 Å². The van der Waals surface area contributed by atoms with Crippen molar-refractivity contribution < 1.29 is 8.78 Å². The fraction of sp³-hybridized carbons (Fsp3) is 0.400. The molecule has 1 atom stereocenters. The second kappa shape index (κ2) is 4.91. The Hall–Kier alpha value is -1.16. The Labute approximate surface area is 82.1 Å². The van der Waals surface area contributed by atoms with Crippen LogP contribution in [-0.2, 0) is 0 Å². The first kappa shape index (κ1) is 10.9. The van der Waals surface area contributed by atoms with Crippen molar-refractivity contribution in [3.8, 4) is 0 Å². The highest BCUT2D eigenvalue weighted by Gasteiger charge is 2.07. The van der Waals surface area contributed by atoms with Crippen molar-refractivity contribution in [3.05, 3.63) is 29.6 Å². The number of anilines is 1. The summed E-state index contributed by atoms with van der Waals surface area (Å²) in [7, 11) is 0. The van der Waals surface area contributed by atoms with Gasteiger partial charge in [-0.05, 0) is 24.6 Å². The van der Waals surface area contributed by atoms with E-state index in [0.29, 0.717) is 24.3 Å². The van der Waals surface area contributed by atoms with Crippen LogP contribution in [0.25, 0.3) is 0 Å². The van der Waals surface area contributed by atoms with E-state index in [4.69, 9.17) is 5.73 Å². The van der Waals surface area contributed by atoms with Gasteiger partial charge in [0.1, 0.15) is 12.0 Å². The molecule has 1 rings (SSSR count). The summed E-state index contributed by atoms with van der Waals surface area (Å²) in [6.07, 6.45) is -1.15. The van der Waals surface area contributed by atoms with E-state index >= 15 is 0 Å². The Kier molecular flexibility index (Phi) is 3.83. The van der Waals surface area contributed by atoms with Gasteiger partial charge >= 0.3 is 0 Å². The molecule has 3 N–H and O–H groups in total. The van der Waals surface area contributed by atoms with E-state index in [0.717, 1.165) is 0 Å². The third-order valence-electron chi connectivity index (χ3n) is 1.91. The molecule has 0 heterocycles. The van der Waals surface area contributed by atoms with Gasteiger partial charge in [-0.25, -0.2) is 8.78 Å². The van der Waals surface area contributed by atoms with Crippen LogP contribution in [0.4, 0.5) is 14.5 Å². The van der Waals surface area contributed by atoms with Crippen LogP contribution in [0.2, 0.25) is 0 Å². The lowest BCUT2D eigenvalue weighted by atomic mass is 10.1. The molecule has 0 aliphatic heterocycles. The van der Waals surface area contributed by atoms with Crippen molar-refractivity contribution >= 4 is 5.69 Å². The highest BCUT2D eigenvalue weighted by Crippen LogP contribution is 2.21. The highest BCUT2D eigenvalue weighted by molar-refractivity contribution is 5.46. The molecule has 0 aliphatic rings. The van der Waals surface area contributed by atoms with E-state index < -0.39 is 12.0 Å². The summed E-state index contributed by atoms with van der Waals surface area (Å²) in [5.41, 5.74) is 5.97. The minimum absolute atomic E-state index is 0.348. The van der Waals surface area contributed by atoms with Gasteiger partial charge in [-0.2, -0.15) is 0 Å². The van der Waals surface area contributed by atoms with Crippen molar-refractivity contribution in [2.75, 3.05) is 18.4 Å². The van der Waals surface area contributed by atoms with Gasteiger partial charge in [0.05, 0.1) is 5.69 Å². The maximum atomic E-state index is 13.3. The van der Waals surface area contributed by atoms with Crippen LogP contribution >= 0.6 is 0 Å². The minimum atomic E-state index is -1.15. The number of rotatable bonds is 4. The van der Waals surface area contributed by atoms with E-state index in [-0.39, 0.29) is 0 Å². The van der Waals surface area contributed by atoms with E-state index in [2.05, 4.69) is 5.32 Å². The Morgan fingerprint density at radius 2 is 2.21 bits per heavy atom. The number of nitrogens with one attached hydrogen (secondary N) is 1. The second-order valence-electron chi connectivity index (χ2n) is 3.07. The van der Waals surface area contributed by atoms with Gasteiger partial charge in [0.15, 0.2) is 0 Å². The summed E-state index contributed by atoms with van der Waals surface area (Å²) in [6, 6.07) is 4.28. The molecule has 2 nitrogen and oxygen atoms in total. The predicted octanol–water partition coefficient (Wildman–Crippen LogP) is 2.23. The fourth-order valence-corrected chi connectivity index (χ4v) is 1.13. The molecular weight excluding hydrogens is 186 g/mol. The quantitative estimate of drug-likeness (QED) is 0.782. The lowest BCUT2D eigenvalue weighted by molar-refractivity contribution is 0.373. The summed E-state index contributed by atoms with van der Waals surface area (Å²) in [5.74, 6) is -0.444. The van der Waals surface area contributed by atoms with Crippen LogP contribution in [0.3, 0.4) is 0 Å². The van der Waals surface area contributed by atoms with Crippen molar-refractivity contribution in [1.29, 1.82) is 0 Å². The highest BCUT2D eigenvalue weighted by atomic mass is 19.1. The average Bonchev–Trinajstić information content (AvgIpc) is 2.15. The number of benzene rings is 1. The molecule has 1 unspecified atom stereocenters. The monoisotopic (exact) mass is 200 g/mol. The molecule has 0 fully saturated rings. The molecular formula is C10H14F2N2. The number of hydrogen-bond donors (Lipinski definition) is 2. The first-order valence-electron chi connectivity index (χ1n) is 4.52. The third kappa shape index (κ3) is 2.67. The summed E-state index contributed by atoms with van der Waals surface area (Å²) in [4.78, 5) is 0. The molecule has 0 saturated heterocycles. The lowest BCUT2D eigenvalue weighted by Gasteiger charge is -2.08. The van der Waals surface area contributed by atoms with Crippen molar-refractivity contribution in [2.24, 2.45) is 5.73 Å². The number of alkyl halides is 1. The predicted molar refractivity (Wildman–Crippen MR) is 53.5 cm³/mol. The molecule has 4 heteroatoms. The molecule has 1 aromatic carbocycles. The molecule has 14 heavy (non-hydrogen) atoms.